The van der Waals surface area contributed by atoms with Crippen molar-refractivity contribution in [2.24, 2.45) is 4.99 Å². The molecule has 0 spiro atoms. The van der Waals surface area contributed by atoms with Crippen molar-refractivity contribution in [2.75, 3.05) is 13.6 Å². The van der Waals surface area contributed by atoms with Gasteiger partial charge in [-0.1, -0.05) is 35.9 Å². The number of nitrogens with zero attached hydrogens (tertiary/aromatic N) is 2. The molecule has 0 aliphatic heterocycles. The van der Waals surface area contributed by atoms with Crippen molar-refractivity contribution in [3.05, 3.63) is 47.5 Å². The van der Waals surface area contributed by atoms with Gasteiger partial charge in [-0.25, -0.2) is 4.99 Å². The summed E-state index contributed by atoms with van der Waals surface area (Å²) in [7, 11) is 2.09. The lowest BCUT2D eigenvalue weighted by atomic mass is 9.90. The summed E-state index contributed by atoms with van der Waals surface area (Å²) in [5.74, 6) is 1.06. The maximum Gasteiger partial charge on any atom is 0.101 e. The van der Waals surface area contributed by atoms with Crippen molar-refractivity contribution in [1.82, 2.24) is 4.90 Å². The van der Waals surface area contributed by atoms with E-state index in [2.05, 4.69) is 68.3 Å². The number of hydrogen-bond acceptors (Lipinski definition) is 1. The van der Waals surface area contributed by atoms with Gasteiger partial charge in [-0.2, -0.15) is 0 Å². The highest BCUT2D eigenvalue weighted by Gasteiger charge is 2.11. The zero-order chi connectivity index (χ0) is 15.5. The Bertz CT molecular complexity index is 734. The van der Waals surface area contributed by atoms with Gasteiger partial charge in [0.05, 0.1) is 5.69 Å². The second-order valence-electron chi connectivity index (χ2n) is 6.09. The van der Waals surface area contributed by atoms with Crippen LogP contribution in [0.25, 0.3) is 16.8 Å². The molecule has 114 valence electrons. The van der Waals surface area contributed by atoms with E-state index in [9.17, 15) is 0 Å². The summed E-state index contributed by atoms with van der Waals surface area (Å²) >= 11 is 0. The van der Waals surface area contributed by atoms with Crippen LogP contribution in [0.1, 0.15) is 38.7 Å². The number of benzene rings is 2. The number of amidine groups is 1. The summed E-state index contributed by atoms with van der Waals surface area (Å²) in [6.07, 6.45) is 6.15. The molecule has 0 atom stereocenters. The van der Waals surface area contributed by atoms with Crippen LogP contribution in [-0.2, 0) is 0 Å². The molecule has 22 heavy (non-hydrogen) atoms. The number of rotatable bonds is 3. The van der Waals surface area contributed by atoms with E-state index in [0.29, 0.717) is 0 Å². The van der Waals surface area contributed by atoms with Gasteiger partial charge in [0.15, 0.2) is 0 Å². The number of fused-ring (bicyclic) bond motifs is 1. The molecule has 0 heterocycles. The molecule has 1 saturated carbocycles. The highest BCUT2D eigenvalue weighted by atomic mass is 15.1. The summed E-state index contributed by atoms with van der Waals surface area (Å²) in [6.45, 7) is 5.20. The van der Waals surface area contributed by atoms with Gasteiger partial charge in [0.25, 0.3) is 0 Å². The fraction of sp³-hybridized carbons (Fsp3) is 0.350. The largest absolute Gasteiger partial charge is 0.364 e. The van der Waals surface area contributed by atoms with E-state index in [1.165, 1.54) is 35.6 Å². The predicted octanol–water partition coefficient (Wildman–Crippen LogP) is 5.41. The Kier molecular flexibility index (Phi) is 4.28. The van der Waals surface area contributed by atoms with Gasteiger partial charge in [-0.15, -0.1) is 0 Å². The zero-order valence-electron chi connectivity index (χ0n) is 13.8. The Hall–Kier alpha value is -2.09. The summed E-state index contributed by atoms with van der Waals surface area (Å²) in [4.78, 5) is 7.07. The Morgan fingerprint density at radius 2 is 1.86 bits per heavy atom. The summed E-state index contributed by atoms with van der Waals surface area (Å²) in [6, 6.07) is 13.0. The Labute approximate surface area is 133 Å². The number of allylic oxidation sites excluding steroid dienone is 1. The van der Waals surface area contributed by atoms with Gasteiger partial charge in [0.2, 0.25) is 0 Å². The molecular weight excluding hydrogens is 268 g/mol. The van der Waals surface area contributed by atoms with Gasteiger partial charge < -0.3 is 4.90 Å². The minimum atomic E-state index is 0.972. The lowest BCUT2D eigenvalue weighted by Gasteiger charge is -2.18. The third-order valence-corrected chi connectivity index (χ3v) is 4.56. The monoisotopic (exact) mass is 292 g/mol. The van der Waals surface area contributed by atoms with Gasteiger partial charge in [0.1, 0.15) is 5.84 Å². The number of aliphatic imine (C=N–C) groups is 1. The van der Waals surface area contributed by atoms with Crippen molar-refractivity contribution >= 4 is 28.4 Å². The molecule has 2 heteroatoms. The van der Waals surface area contributed by atoms with Crippen molar-refractivity contribution in [1.29, 1.82) is 0 Å². The minimum Gasteiger partial charge on any atom is -0.364 e. The predicted molar refractivity (Wildman–Crippen MR) is 96.8 cm³/mol. The Balaban J connectivity index is 2.10. The first-order valence-electron chi connectivity index (χ1n) is 8.16. The van der Waals surface area contributed by atoms with Crippen LogP contribution in [0.4, 0.5) is 5.69 Å². The van der Waals surface area contributed by atoms with E-state index in [1.807, 2.05) is 0 Å². The fourth-order valence-electron chi connectivity index (χ4n) is 2.69. The molecule has 0 radical (unpaired) electrons. The summed E-state index contributed by atoms with van der Waals surface area (Å²) < 4.78 is 0. The van der Waals surface area contributed by atoms with E-state index >= 15 is 0 Å². The van der Waals surface area contributed by atoms with Crippen LogP contribution >= 0.6 is 0 Å². The standard InChI is InChI=1S/C20H24N2/c1-4-22(3)15(2)21-20-14-18-11-6-5-10-17(18)13-19(20)12-16-8-7-9-16/h5-6,10-14H,4,7-9H2,1-3H3. The smallest absolute Gasteiger partial charge is 0.101 e. The number of hydrogen-bond donors (Lipinski definition) is 0. The van der Waals surface area contributed by atoms with Gasteiger partial charge >= 0.3 is 0 Å². The van der Waals surface area contributed by atoms with E-state index in [-0.39, 0.29) is 0 Å². The van der Waals surface area contributed by atoms with E-state index in [0.717, 1.165) is 18.1 Å². The maximum atomic E-state index is 4.89. The summed E-state index contributed by atoms with van der Waals surface area (Å²) in [5.41, 5.74) is 3.88. The zero-order valence-corrected chi connectivity index (χ0v) is 13.8. The second kappa shape index (κ2) is 6.35. The highest BCUT2D eigenvalue weighted by Crippen LogP contribution is 2.33. The molecule has 2 aromatic carbocycles. The van der Waals surface area contributed by atoms with Crippen LogP contribution in [0.2, 0.25) is 0 Å². The van der Waals surface area contributed by atoms with Crippen LogP contribution in [0.5, 0.6) is 0 Å². The first-order valence-corrected chi connectivity index (χ1v) is 8.16. The SMILES string of the molecule is CCN(C)C(C)=Nc1cc2ccccc2cc1C=C1CCC1. The van der Waals surface area contributed by atoms with Gasteiger partial charge in [0, 0.05) is 19.2 Å². The summed E-state index contributed by atoms with van der Waals surface area (Å²) in [5, 5.41) is 2.54. The molecule has 0 amide bonds. The quantitative estimate of drug-likeness (QED) is 0.545. The van der Waals surface area contributed by atoms with E-state index < -0.39 is 0 Å². The van der Waals surface area contributed by atoms with Crippen molar-refractivity contribution in [2.45, 2.75) is 33.1 Å². The molecule has 0 saturated heterocycles. The van der Waals surface area contributed by atoms with Crippen LogP contribution in [0.3, 0.4) is 0 Å². The molecule has 0 N–H and O–H groups in total. The Morgan fingerprint density at radius 1 is 1.18 bits per heavy atom. The van der Waals surface area contributed by atoms with E-state index in [4.69, 9.17) is 4.99 Å². The lowest BCUT2D eigenvalue weighted by Crippen LogP contribution is -2.23. The molecular formula is C20H24N2. The van der Waals surface area contributed by atoms with E-state index in [1.54, 1.807) is 5.57 Å². The van der Waals surface area contributed by atoms with Crippen LogP contribution in [0.15, 0.2) is 47.0 Å². The molecule has 1 fully saturated rings. The third-order valence-electron chi connectivity index (χ3n) is 4.56. The third kappa shape index (κ3) is 3.06. The molecule has 2 aromatic rings. The molecule has 1 aliphatic carbocycles. The highest BCUT2D eigenvalue weighted by molar-refractivity contribution is 5.92. The molecule has 0 unspecified atom stereocenters. The average molecular weight is 292 g/mol. The van der Waals surface area contributed by atoms with Crippen molar-refractivity contribution in [3.8, 4) is 0 Å². The minimum absolute atomic E-state index is 0.972. The first kappa shape index (κ1) is 14.8. The first-order chi connectivity index (χ1) is 10.7. The Morgan fingerprint density at radius 3 is 2.45 bits per heavy atom. The van der Waals surface area contributed by atoms with Crippen molar-refractivity contribution in [3.63, 3.8) is 0 Å². The van der Waals surface area contributed by atoms with Crippen LogP contribution in [-0.4, -0.2) is 24.3 Å². The topological polar surface area (TPSA) is 15.6 Å². The molecule has 2 nitrogen and oxygen atoms in total. The lowest BCUT2D eigenvalue weighted by molar-refractivity contribution is 0.532. The van der Waals surface area contributed by atoms with Crippen LogP contribution in [0, 0.1) is 0 Å². The molecule has 1 aliphatic rings. The average Bonchev–Trinajstić information content (AvgIpc) is 2.50. The fourth-order valence-corrected chi connectivity index (χ4v) is 2.69. The molecule has 3 rings (SSSR count). The van der Waals surface area contributed by atoms with Gasteiger partial charge in [-0.05, 0) is 56.0 Å². The van der Waals surface area contributed by atoms with Gasteiger partial charge in [-0.3, -0.25) is 0 Å². The van der Waals surface area contributed by atoms with Crippen molar-refractivity contribution < 1.29 is 0 Å². The molecule has 0 aromatic heterocycles. The maximum absolute atomic E-state index is 4.89. The second-order valence-corrected chi connectivity index (χ2v) is 6.09. The normalized spacial score (nSPS) is 14.9. The molecule has 0 bridgehead atoms. The van der Waals surface area contributed by atoms with Crippen LogP contribution < -0.4 is 0 Å².